The first kappa shape index (κ1) is 11.5. The molecule has 14 heavy (non-hydrogen) atoms. The smallest absolute Gasteiger partial charge is 0.236 e. The molecule has 82 valence electrons. The third-order valence-electron chi connectivity index (χ3n) is 3.52. The molecule has 1 saturated heterocycles. The zero-order valence-electron chi connectivity index (χ0n) is 9.33. The Bertz CT molecular complexity index is 186. The van der Waals surface area contributed by atoms with Crippen LogP contribution in [0.15, 0.2) is 0 Å². The molecular formula is C11H22N2O. The molecule has 3 nitrogen and oxygen atoms in total. The lowest BCUT2D eigenvalue weighted by molar-refractivity contribution is -0.131. The van der Waals surface area contributed by atoms with Crippen LogP contribution < -0.4 is 5.73 Å². The molecular weight excluding hydrogens is 176 g/mol. The van der Waals surface area contributed by atoms with Crippen molar-refractivity contribution in [3.8, 4) is 0 Å². The van der Waals surface area contributed by atoms with E-state index in [1.54, 1.807) is 0 Å². The minimum atomic E-state index is 0.104. The molecule has 1 fully saturated rings. The standard InChI is InChI=1S/C11H22N2O/c1-3-9(2)10-4-6-13(7-5-10)11(14)8-12/h9-10H,3-8,12H2,1-2H3/t9-/m0/s1. The van der Waals surface area contributed by atoms with E-state index in [-0.39, 0.29) is 12.5 Å². The summed E-state index contributed by atoms with van der Waals surface area (Å²) in [5, 5.41) is 0. The summed E-state index contributed by atoms with van der Waals surface area (Å²) in [6.07, 6.45) is 3.55. The molecule has 1 aliphatic heterocycles. The molecule has 0 saturated carbocycles. The highest BCUT2D eigenvalue weighted by molar-refractivity contribution is 5.78. The summed E-state index contributed by atoms with van der Waals surface area (Å²) < 4.78 is 0. The van der Waals surface area contributed by atoms with Gasteiger partial charge in [-0.2, -0.15) is 0 Å². The van der Waals surface area contributed by atoms with Gasteiger partial charge in [-0.25, -0.2) is 0 Å². The van der Waals surface area contributed by atoms with Crippen LogP contribution in [0.3, 0.4) is 0 Å². The Kier molecular flexibility index (Phi) is 4.39. The number of amides is 1. The van der Waals surface area contributed by atoms with Crippen LogP contribution in [-0.4, -0.2) is 30.4 Å². The molecule has 0 bridgehead atoms. The predicted octanol–water partition coefficient (Wildman–Crippen LogP) is 1.23. The third-order valence-corrected chi connectivity index (χ3v) is 3.52. The van der Waals surface area contributed by atoms with E-state index in [9.17, 15) is 4.79 Å². The van der Waals surface area contributed by atoms with Crippen LogP contribution in [0.1, 0.15) is 33.1 Å². The minimum Gasteiger partial charge on any atom is -0.342 e. The lowest BCUT2D eigenvalue weighted by atomic mass is 9.84. The highest BCUT2D eigenvalue weighted by Crippen LogP contribution is 2.26. The van der Waals surface area contributed by atoms with E-state index in [1.165, 1.54) is 6.42 Å². The van der Waals surface area contributed by atoms with E-state index in [0.717, 1.165) is 37.8 Å². The summed E-state index contributed by atoms with van der Waals surface area (Å²) in [6.45, 7) is 6.53. The number of rotatable bonds is 3. The second kappa shape index (κ2) is 5.35. The maximum Gasteiger partial charge on any atom is 0.236 e. The van der Waals surface area contributed by atoms with Gasteiger partial charge in [0.15, 0.2) is 0 Å². The fraction of sp³-hybridized carbons (Fsp3) is 0.909. The van der Waals surface area contributed by atoms with Gasteiger partial charge >= 0.3 is 0 Å². The molecule has 0 spiro atoms. The minimum absolute atomic E-state index is 0.104. The van der Waals surface area contributed by atoms with Gasteiger partial charge in [-0.05, 0) is 24.7 Å². The first-order valence-corrected chi connectivity index (χ1v) is 5.66. The molecule has 2 N–H and O–H groups in total. The molecule has 0 aromatic carbocycles. The van der Waals surface area contributed by atoms with Gasteiger partial charge in [0.1, 0.15) is 0 Å². The molecule has 1 atom stereocenters. The number of nitrogens with zero attached hydrogens (tertiary/aromatic N) is 1. The van der Waals surface area contributed by atoms with Gasteiger partial charge in [0.05, 0.1) is 6.54 Å². The SMILES string of the molecule is CC[C@H](C)C1CCN(C(=O)CN)CC1. The Hall–Kier alpha value is -0.570. The maximum atomic E-state index is 11.3. The lowest BCUT2D eigenvalue weighted by Crippen LogP contribution is -2.42. The van der Waals surface area contributed by atoms with Crippen LogP contribution in [-0.2, 0) is 4.79 Å². The number of hydrogen-bond acceptors (Lipinski definition) is 2. The largest absolute Gasteiger partial charge is 0.342 e. The van der Waals surface area contributed by atoms with Crippen LogP contribution in [0.25, 0.3) is 0 Å². The Labute approximate surface area is 86.6 Å². The maximum absolute atomic E-state index is 11.3. The second-order valence-corrected chi connectivity index (χ2v) is 4.31. The Morgan fingerprint density at radius 3 is 2.50 bits per heavy atom. The van der Waals surface area contributed by atoms with Crippen LogP contribution in [0.4, 0.5) is 0 Å². The van der Waals surface area contributed by atoms with E-state index in [2.05, 4.69) is 13.8 Å². The molecule has 1 amide bonds. The summed E-state index contributed by atoms with van der Waals surface area (Å²) >= 11 is 0. The van der Waals surface area contributed by atoms with Crippen LogP contribution in [0.5, 0.6) is 0 Å². The van der Waals surface area contributed by atoms with Gasteiger partial charge < -0.3 is 10.6 Å². The normalized spacial score (nSPS) is 20.9. The lowest BCUT2D eigenvalue weighted by Gasteiger charge is -2.34. The van der Waals surface area contributed by atoms with Crippen LogP contribution >= 0.6 is 0 Å². The van der Waals surface area contributed by atoms with Crippen LogP contribution in [0, 0.1) is 11.8 Å². The average molecular weight is 198 g/mol. The van der Waals surface area contributed by atoms with Crippen molar-refractivity contribution in [1.82, 2.24) is 4.90 Å². The Morgan fingerprint density at radius 1 is 1.50 bits per heavy atom. The Morgan fingerprint density at radius 2 is 2.07 bits per heavy atom. The highest BCUT2D eigenvalue weighted by Gasteiger charge is 2.24. The third kappa shape index (κ3) is 2.71. The van der Waals surface area contributed by atoms with Crippen molar-refractivity contribution >= 4 is 5.91 Å². The summed E-state index contributed by atoms with van der Waals surface area (Å²) in [4.78, 5) is 13.2. The zero-order chi connectivity index (χ0) is 10.6. The van der Waals surface area contributed by atoms with Crippen molar-refractivity contribution in [1.29, 1.82) is 0 Å². The molecule has 1 aliphatic rings. The molecule has 3 heteroatoms. The highest BCUT2D eigenvalue weighted by atomic mass is 16.2. The van der Waals surface area contributed by atoms with E-state index < -0.39 is 0 Å². The van der Waals surface area contributed by atoms with E-state index in [4.69, 9.17) is 5.73 Å². The second-order valence-electron chi connectivity index (χ2n) is 4.31. The van der Waals surface area contributed by atoms with Crippen molar-refractivity contribution in [2.45, 2.75) is 33.1 Å². The van der Waals surface area contributed by atoms with Gasteiger partial charge in [0.2, 0.25) is 5.91 Å². The molecule has 0 unspecified atom stereocenters. The van der Waals surface area contributed by atoms with Gasteiger partial charge in [0.25, 0.3) is 0 Å². The first-order chi connectivity index (χ1) is 6.69. The molecule has 1 heterocycles. The number of hydrogen-bond donors (Lipinski definition) is 1. The monoisotopic (exact) mass is 198 g/mol. The summed E-state index contributed by atoms with van der Waals surface area (Å²) in [5.41, 5.74) is 5.33. The quantitative estimate of drug-likeness (QED) is 0.741. The molecule has 1 rings (SSSR count). The first-order valence-electron chi connectivity index (χ1n) is 5.66. The number of nitrogens with two attached hydrogens (primary N) is 1. The molecule has 0 radical (unpaired) electrons. The fourth-order valence-electron chi connectivity index (χ4n) is 2.18. The fourth-order valence-corrected chi connectivity index (χ4v) is 2.18. The average Bonchev–Trinajstić information content (AvgIpc) is 2.27. The summed E-state index contributed by atoms with van der Waals surface area (Å²) in [6, 6.07) is 0. The summed E-state index contributed by atoms with van der Waals surface area (Å²) in [7, 11) is 0. The number of carbonyl (C=O) groups is 1. The van der Waals surface area contributed by atoms with Crippen molar-refractivity contribution in [2.24, 2.45) is 17.6 Å². The predicted molar refractivity (Wildman–Crippen MR) is 57.8 cm³/mol. The number of piperidine rings is 1. The van der Waals surface area contributed by atoms with E-state index in [1.807, 2.05) is 4.90 Å². The molecule has 0 aromatic rings. The number of likely N-dealkylation sites (tertiary alicyclic amines) is 1. The molecule has 0 aromatic heterocycles. The van der Waals surface area contributed by atoms with Gasteiger partial charge in [-0.1, -0.05) is 20.3 Å². The van der Waals surface area contributed by atoms with Gasteiger partial charge in [-0.15, -0.1) is 0 Å². The Balaban J connectivity index is 2.34. The number of carbonyl (C=O) groups excluding carboxylic acids is 1. The van der Waals surface area contributed by atoms with Gasteiger partial charge in [-0.3, -0.25) is 4.79 Å². The summed E-state index contributed by atoms with van der Waals surface area (Å²) in [5.74, 6) is 1.71. The zero-order valence-corrected chi connectivity index (χ0v) is 9.33. The van der Waals surface area contributed by atoms with Crippen molar-refractivity contribution < 1.29 is 4.79 Å². The van der Waals surface area contributed by atoms with E-state index >= 15 is 0 Å². The molecule has 0 aliphatic carbocycles. The van der Waals surface area contributed by atoms with Crippen molar-refractivity contribution in [3.63, 3.8) is 0 Å². The van der Waals surface area contributed by atoms with E-state index in [0.29, 0.717) is 0 Å². The topological polar surface area (TPSA) is 46.3 Å². The van der Waals surface area contributed by atoms with Crippen molar-refractivity contribution in [2.75, 3.05) is 19.6 Å². The van der Waals surface area contributed by atoms with Gasteiger partial charge in [0, 0.05) is 13.1 Å². The van der Waals surface area contributed by atoms with Crippen LogP contribution in [0.2, 0.25) is 0 Å². The van der Waals surface area contributed by atoms with Crippen molar-refractivity contribution in [3.05, 3.63) is 0 Å².